The molecule has 1 aliphatic heterocycles. The Kier molecular flexibility index (Phi) is 3.87. The van der Waals surface area contributed by atoms with E-state index in [9.17, 15) is 4.79 Å². The van der Waals surface area contributed by atoms with E-state index in [0.717, 1.165) is 19.4 Å². The maximum absolute atomic E-state index is 12.1. The van der Waals surface area contributed by atoms with E-state index >= 15 is 0 Å². The molecule has 2 heterocycles. The zero-order chi connectivity index (χ0) is 12.3. The molecule has 0 radical (unpaired) electrons. The van der Waals surface area contributed by atoms with Crippen LogP contribution in [0.5, 0.6) is 0 Å². The number of hydrogen-bond donors (Lipinski definition) is 0. The molecule has 1 fully saturated rings. The van der Waals surface area contributed by atoms with Crippen LogP contribution in [0.2, 0.25) is 0 Å². The number of rotatable bonds is 2. The summed E-state index contributed by atoms with van der Waals surface area (Å²) in [6.45, 7) is 2.87. The van der Waals surface area contributed by atoms with Crippen LogP contribution in [0.1, 0.15) is 50.8 Å². The summed E-state index contributed by atoms with van der Waals surface area (Å²) in [6, 6.07) is 4.49. The van der Waals surface area contributed by atoms with Gasteiger partial charge in [-0.3, -0.25) is 4.79 Å². The third-order valence-electron chi connectivity index (χ3n) is 3.70. The summed E-state index contributed by atoms with van der Waals surface area (Å²) in [6.07, 6.45) is 7.39. The van der Waals surface area contributed by atoms with Gasteiger partial charge in [0.2, 0.25) is 5.91 Å². The predicted molar refractivity (Wildman–Crippen MR) is 68.6 cm³/mol. The second-order valence-corrected chi connectivity index (χ2v) is 4.85. The molecule has 0 spiro atoms. The first-order valence-electron chi connectivity index (χ1n) is 6.64. The molecular weight excluding hydrogens is 212 g/mol. The summed E-state index contributed by atoms with van der Waals surface area (Å²) in [5.74, 6) is 0.290. The normalized spacial score (nSPS) is 21.3. The molecule has 1 unspecified atom stereocenters. The van der Waals surface area contributed by atoms with Gasteiger partial charge >= 0.3 is 0 Å². The van der Waals surface area contributed by atoms with Crippen molar-refractivity contribution in [1.82, 2.24) is 9.47 Å². The van der Waals surface area contributed by atoms with Crippen molar-refractivity contribution in [3.05, 3.63) is 24.0 Å². The largest absolute Gasteiger partial charge is 0.353 e. The minimum absolute atomic E-state index is 0.282. The van der Waals surface area contributed by atoms with Crippen LogP contribution in [0.4, 0.5) is 0 Å². The number of carbonyl (C=O) groups excluding carboxylic acids is 1. The molecular formula is C14H22N2O. The van der Waals surface area contributed by atoms with Crippen molar-refractivity contribution < 1.29 is 4.79 Å². The van der Waals surface area contributed by atoms with Gasteiger partial charge in [0.25, 0.3) is 0 Å². The number of nitrogens with zero attached hydrogens (tertiary/aromatic N) is 2. The van der Waals surface area contributed by atoms with Crippen LogP contribution >= 0.6 is 0 Å². The second kappa shape index (κ2) is 5.39. The molecule has 1 saturated heterocycles. The van der Waals surface area contributed by atoms with Gasteiger partial charge in [0.1, 0.15) is 0 Å². The van der Waals surface area contributed by atoms with Gasteiger partial charge in [0.05, 0.1) is 6.04 Å². The molecule has 0 aromatic carbocycles. The predicted octanol–water partition coefficient (Wildman–Crippen LogP) is 2.88. The fourth-order valence-corrected chi connectivity index (χ4v) is 2.74. The van der Waals surface area contributed by atoms with E-state index in [1.54, 1.807) is 0 Å². The summed E-state index contributed by atoms with van der Waals surface area (Å²) < 4.78 is 2.14. The van der Waals surface area contributed by atoms with Crippen LogP contribution in [0.15, 0.2) is 18.3 Å². The van der Waals surface area contributed by atoms with E-state index in [1.807, 2.05) is 6.92 Å². The minimum atomic E-state index is 0.282. The van der Waals surface area contributed by atoms with Crippen LogP contribution < -0.4 is 0 Å². The standard InChI is InChI=1S/C14H22N2O/c1-3-14(17)16-11-6-4-5-8-13(16)12-9-7-10-15(12)2/h7,9-10,13H,3-6,8,11H2,1-2H3. The number of aromatic nitrogens is 1. The summed E-state index contributed by atoms with van der Waals surface area (Å²) in [5.41, 5.74) is 1.27. The van der Waals surface area contributed by atoms with E-state index in [1.165, 1.54) is 18.5 Å². The monoisotopic (exact) mass is 234 g/mol. The van der Waals surface area contributed by atoms with Gasteiger partial charge in [-0.1, -0.05) is 19.8 Å². The van der Waals surface area contributed by atoms with Crippen molar-refractivity contribution in [2.75, 3.05) is 6.54 Å². The van der Waals surface area contributed by atoms with E-state index in [0.29, 0.717) is 6.42 Å². The maximum Gasteiger partial charge on any atom is 0.222 e. The highest BCUT2D eigenvalue weighted by atomic mass is 16.2. The lowest BCUT2D eigenvalue weighted by Crippen LogP contribution is -2.35. The van der Waals surface area contributed by atoms with Crippen molar-refractivity contribution in [2.45, 2.75) is 45.1 Å². The molecule has 1 atom stereocenters. The van der Waals surface area contributed by atoms with Gasteiger partial charge in [-0.2, -0.15) is 0 Å². The van der Waals surface area contributed by atoms with Crippen molar-refractivity contribution >= 4 is 5.91 Å². The topological polar surface area (TPSA) is 25.2 Å². The Labute approximate surface area is 103 Å². The lowest BCUT2D eigenvalue weighted by atomic mass is 10.1. The summed E-state index contributed by atoms with van der Waals surface area (Å²) in [7, 11) is 2.06. The number of amides is 1. The van der Waals surface area contributed by atoms with Crippen LogP contribution in [-0.2, 0) is 11.8 Å². The quantitative estimate of drug-likeness (QED) is 0.772. The summed E-state index contributed by atoms with van der Waals surface area (Å²) in [4.78, 5) is 14.1. The zero-order valence-electron chi connectivity index (χ0n) is 10.9. The molecule has 3 nitrogen and oxygen atoms in total. The highest BCUT2D eigenvalue weighted by molar-refractivity contribution is 5.76. The van der Waals surface area contributed by atoms with E-state index in [-0.39, 0.29) is 11.9 Å². The van der Waals surface area contributed by atoms with Crippen molar-refractivity contribution in [3.8, 4) is 0 Å². The fourth-order valence-electron chi connectivity index (χ4n) is 2.74. The molecule has 0 aliphatic carbocycles. The van der Waals surface area contributed by atoms with Gasteiger partial charge in [-0.05, 0) is 25.0 Å². The Morgan fingerprint density at radius 2 is 2.24 bits per heavy atom. The SMILES string of the molecule is CCC(=O)N1CCCCCC1c1cccn1C. The summed E-state index contributed by atoms with van der Waals surface area (Å²) in [5, 5.41) is 0. The Morgan fingerprint density at radius 3 is 2.88 bits per heavy atom. The third-order valence-corrected chi connectivity index (χ3v) is 3.70. The first kappa shape index (κ1) is 12.2. The zero-order valence-corrected chi connectivity index (χ0v) is 10.9. The molecule has 1 aromatic rings. The third kappa shape index (κ3) is 2.54. The fraction of sp³-hybridized carbons (Fsp3) is 0.643. The Balaban J connectivity index is 2.26. The van der Waals surface area contributed by atoms with Crippen LogP contribution in [-0.4, -0.2) is 21.9 Å². The molecule has 0 bridgehead atoms. The number of likely N-dealkylation sites (tertiary alicyclic amines) is 1. The Morgan fingerprint density at radius 1 is 1.41 bits per heavy atom. The van der Waals surface area contributed by atoms with Gasteiger partial charge < -0.3 is 9.47 Å². The van der Waals surface area contributed by atoms with E-state index in [4.69, 9.17) is 0 Å². The van der Waals surface area contributed by atoms with Gasteiger partial charge in [0.15, 0.2) is 0 Å². The molecule has 1 aliphatic rings. The minimum Gasteiger partial charge on any atom is -0.353 e. The molecule has 3 heteroatoms. The first-order chi connectivity index (χ1) is 8.24. The maximum atomic E-state index is 12.1. The first-order valence-corrected chi connectivity index (χ1v) is 6.64. The second-order valence-electron chi connectivity index (χ2n) is 4.85. The average Bonchev–Trinajstić information content (AvgIpc) is 2.63. The lowest BCUT2D eigenvalue weighted by Gasteiger charge is -2.30. The molecule has 17 heavy (non-hydrogen) atoms. The number of aryl methyl sites for hydroxylation is 1. The van der Waals surface area contributed by atoms with Crippen LogP contribution in [0.25, 0.3) is 0 Å². The van der Waals surface area contributed by atoms with Crippen LogP contribution in [0.3, 0.4) is 0 Å². The molecule has 0 N–H and O–H groups in total. The van der Waals surface area contributed by atoms with E-state index in [2.05, 4.69) is 34.8 Å². The summed E-state index contributed by atoms with van der Waals surface area (Å²) >= 11 is 0. The Bertz CT molecular complexity index is 383. The van der Waals surface area contributed by atoms with Gasteiger partial charge in [-0.25, -0.2) is 0 Å². The molecule has 1 amide bonds. The van der Waals surface area contributed by atoms with Gasteiger partial charge in [0, 0.05) is 31.9 Å². The highest BCUT2D eigenvalue weighted by Crippen LogP contribution is 2.30. The Hall–Kier alpha value is -1.25. The van der Waals surface area contributed by atoms with Crippen LogP contribution in [0, 0.1) is 0 Å². The van der Waals surface area contributed by atoms with Crippen molar-refractivity contribution in [2.24, 2.45) is 7.05 Å². The molecule has 0 saturated carbocycles. The lowest BCUT2D eigenvalue weighted by molar-refractivity contribution is -0.133. The molecule has 94 valence electrons. The number of carbonyl (C=O) groups is 1. The smallest absolute Gasteiger partial charge is 0.222 e. The number of hydrogen-bond acceptors (Lipinski definition) is 1. The molecule has 1 aromatic heterocycles. The van der Waals surface area contributed by atoms with Crippen molar-refractivity contribution in [3.63, 3.8) is 0 Å². The van der Waals surface area contributed by atoms with E-state index < -0.39 is 0 Å². The van der Waals surface area contributed by atoms with Gasteiger partial charge in [-0.15, -0.1) is 0 Å². The highest BCUT2D eigenvalue weighted by Gasteiger charge is 2.26. The average molecular weight is 234 g/mol. The molecule has 2 rings (SSSR count). The van der Waals surface area contributed by atoms with Crippen molar-refractivity contribution in [1.29, 1.82) is 0 Å².